The summed E-state index contributed by atoms with van der Waals surface area (Å²) < 4.78 is 31.5. The van der Waals surface area contributed by atoms with Crippen LogP contribution in [-0.2, 0) is 4.79 Å². The normalized spacial score (nSPS) is 14.2. The standard InChI is InChI=1S/C20H23F2N3O2/c1-27-19-5-3-2-4-18(19)24-10-12-25(13-11-24)20(26)8-9-23-15-6-7-16(21)17(22)14-15/h2-7,14,23H,8-13H2,1H3. The SMILES string of the molecule is COc1ccccc1N1CCN(C(=O)CCNc2ccc(F)c(F)c2)CC1. The first-order chi connectivity index (χ1) is 13.1. The summed E-state index contributed by atoms with van der Waals surface area (Å²) in [7, 11) is 1.65. The maximum Gasteiger partial charge on any atom is 0.224 e. The molecule has 1 heterocycles. The number of ether oxygens (including phenoxy) is 1. The van der Waals surface area contributed by atoms with Crippen molar-refractivity contribution < 1.29 is 18.3 Å². The Morgan fingerprint density at radius 2 is 1.81 bits per heavy atom. The van der Waals surface area contributed by atoms with Crippen molar-refractivity contribution in [1.29, 1.82) is 0 Å². The molecule has 0 aromatic heterocycles. The molecule has 0 radical (unpaired) electrons. The van der Waals surface area contributed by atoms with Crippen LogP contribution in [0, 0.1) is 11.6 Å². The van der Waals surface area contributed by atoms with Crippen LogP contribution >= 0.6 is 0 Å². The molecule has 0 spiro atoms. The second kappa shape index (κ2) is 8.70. The average molecular weight is 375 g/mol. The van der Waals surface area contributed by atoms with Crippen LogP contribution in [0.1, 0.15) is 6.42 Å². The highest BCUT2D eigenvalue weighted by Gasteiger charge is 2.22. The van der Waals surface area contributed by atoms with Crippen molar-refractivity contribution in [3.8, 4) is 5.75 Å². The summed E-state index contributed by atoms with van der Waals surface area (Å²) in [5.74, 6) is -0.916. The van der Waals surface area contributed by atoms with Gasteiger partial charge < -0.3 is 19.9 Å². The topological polar surface area (TPSA) is 44.8 Å². The Morgan fingerprint density at radius 1 is 1.07 bits per heavy atom. The van der Waals surface area contributed by atoms with E-state index in [0.717, 1.165) is 36.7 Å². The smallest absolute Gasteiger partial charge is 0.224 e. The van der Waals surface area contributed by atoms with E-state index in [2.05, 4.69) is 10.2 Å². The summed E-state index contributed by atoms with van der Waals surface area (Å²) in [6, 6.07) is 11.5. The summed E-state index contributed by atoms with van der Waals surface area (Å²) in [4.78, 5) is 16.4. The molecule has 27 heavy (non-hydrogen) atoms. The van der Waals surface area contributed by atoms with Crippen LogP contribution in [0.4, 0.5) is 20.2 Å². The Bertz CT molecular complexity index is 793. The first-order valence-corrected chi connectivity index (χ1v) is 8.93. The van der Waals surface area contributed by atoms with Gasteiger partial charge in [0.25, 0.3) is 0 Å². The molecule has 1 aliphatic heterocycles. The lowest BCUT2D eigenvalue weighted by Crippen LogP contribution is -2.49. The molecule has 1 saturated heterocycles. The second-order valence-corrected chi connectivity index (χ2v) is 6.35. The number of methoxy groups -OCH3 is 1. The van der Waals surface area contributed by atoms with Gasteiger partial charge in [-0.25, -0.2) is 8.78 Å². The summed E-state index contributed by atoms with van der Waals surface area (Å²) >= 11 is 0. The van der Waals surface area contributed by atoms with E-state index < -0.39 is 11.6 Å². The fourth-order valence-corrected chi connectivity index (χ4v) is 3.17. The first-order valence-electron chi connectivity index (χ1n) is 8.93. The lowest BCUT2D eigenvalue weighted by molar-refractivity contribution is -0.131. The lowest BCUT2D eigenvalue weighted by atomic mass is 10.2. The highest BCUT2D eigenvalue weighted by molar-refractivity contribution is 5.77. The number of para-hydroxylation sites is 2. The van der Waals surface area contributed by atoms with E-state index in [4.69, 9.17) is 4.74 Å². The van der Waals surface area contributed by atoms with Crippen LogP contribution in [-0.4, -0.2) is 50.6 Å². The van der Waals surface area contributed by atoms with E-state index in [1.54, 1.807) is 7.11 Å². The lowest BCUT2D eigenvalue weighted by Gasteiger charge is -2.36. The third kappa shape index (κ3) is 4.67. The molecule has 0 aliphatic carbocycles. The molecule has 144 valence electrons. The van der Waals surface area contributed by atoms with E-state index >= 15 is 0 Å². The molecule has 0 atom stereocenters. The van der Waals surface area contributed by atoms with Gasteiger partial charge in [-0.15, -0.1) is 0 Å². The fraction of sp³-hybridized carbons (Fsp3) is 0.350. The number of nitrogens with one attached hydrogen (secondary N) is 1. The van der Waals surface area contributed by atoms with Crippen molar-refractivity contribution in [2.24, 2.45) is 0 Å². The molecule has 1 N–H and O–H groups in total. The van der Waals surface area contributed by atoms with Crippen molar-refractivity contribution in [2.45, 2.75) is 6.42 Å². The largest absolute Gasteiger partial charge is 0.495 e. The molecule has 5 nitrogen and oxygen atoms in total. The molecular weight excluding hydrogens is 352 g/mol. The van der Waals surface area contributed by atoms with Crippen molar-refractivity contribution >= 4 is 17.3 Å². The van der Waals surface area contributed by atoms with Gasteiger partial charge in [0.1, 0.15) is 5.75 Å². The van der Waals surface area contributed by atoms with E-state index in [1.807, 2.05) is 29.2 Å². The number of nitrogens with zero attached hydrogens (tertiary/aromatic N) is 2. The maximum absolute atomic E-state index is 13.2. The number of anilines is 2. The third-order valence-corrected chi connectivity index (χ3v) is 4.65. The molecule has 0 saturated carbocycles. The van der Waals surface area contributed by atoms with Crippen molar-refractivity contribution in [3.63, 3.8) is 0 Å². The molecular formula is C20H23F2N3O2. The Kier molecular flexibility index (Phi) is 6.11. The zero-order chi connectivity index (χ0) is 19.2. The fourth-order valence-electron chi connectivity index (χ4n) is 3.17. The molecule has 3 rings (SSSR count). The molecule has 1 aliphatic rings. The number of halogens is 2. The minimum Gasteiger partial charge on any atom is -0.495 e. The number of carbonyl (C=O) groups excluding carboxylic acids is 1. The Labute approximate surface area is 157 Å². The minimum absolute atomic E-state index is 0.0461. The zero-order valence-electron chi connectivity index (χ0n) is 15.3. The van der Waals surface area contributed by atoms with Crippen LogP contribution in [0.2, 0.25) is 0 Å². The van der Waals surface area contributed by atoms with Crippen LogP contribution in [0.25, 0.3) is 0 Å². The molecule has 2 aromatic rings. The number of amides is 1. The molecule has 0 bridgehead atoms. The van der Waals surface area contributed by atoms with Crippen LogP contribution in [0.5, 0.6) is 5.75 Å². The maximum atomic E-state index is 13.2. The van der Waals surface area contributed by atoms with Gasteiger partial charge in [-0.1, -0.05) is 12.1 Å². The summed E-state index contributed by atoms with van der Waals surface area (Å²) in [5, 5.41) is 2.95. The number of carbonyl (C=O) groups is 1. The van der Waals surface area contributed by atoms with Crippen LogP contribution in [0.15, 0.2) is 42.5 Å². The molecule has 2 aromatic carbocycles. The number of rotatable bonds is 6. The summed E-state index contributed by atoms with van der Waals surface area (Å²) in [6.45, 7) is 3.13. The van der Waals surface area contributed by atoms with Gasteiger partial charge in [-0.2, -0.15) is 0 Å². The van der Waals surface area contributed by atoms with Crippen LogP contribution in [0.3, 0.4) is 0 Å². The van der Waals surface area contributed by atoms with Gasteiger partial charge >= 0.3 is 0 Å². The average Bonchev–Trinajstić information content (AvgIpc) is 2.70. The number of piperazine rings is 1. The van der Waals surface area contributed by atoms with Gasteiger partial charge in [0.2, 0.25) is 5.91 Å². The van der Waals surface area contributed by atoms with E-state index in [1.165, 1.54) is 6.07 Å². The number of hydrogen-bond donors (Lipinski definition) is 1. The zero-order valence-corrected chi connectivity index (χ0v) is 15.3. The van der Waals surface area contributed by atoms with E-state index in [-0.39, 0.29) is 5.91 Å². The molecule has 1 fully saturated rings. The predicted octanol–water partition coefficient (Wildman–Crippen LogP) is 3.12. The number of hydrogen-bond acceptors (Lipinski definition) is 4. The van der Waals surface area contributed by atoms with Crippen molar-refractivity contribution in [2.75, 3.05) is 50.1 Å². The molecule has 7 heteroatoms. The Morgan fingerprint density at radius 3 is 2.52 bits per heavy atom. The third-order valence-electron chi connectivity index (χ3n) is 4.65. The highest BCUT2D eigenvalue weighted by atomic mass is 19.2. The second-order valence-electron chi connectivity index (χ2n) is 6.35. The van der Waals surface area contributed by atoms with E-state index in [0.29, 0.717) is 31.7 Å². The van der Waals surface area contributed by atoms with Crippen LogP contribution < -0.4 is 15.0 Å². The highest BCUT2D eigenvalue weighted by Crippen LogP contribution is 2.28. The number of benzene rings is 2. The van der Waals surface area contributed by atoms with E-state index in [9.17, 15) is 13.6 Å². The first kappa shape index (κ1) is 18.9. The quantitative estimate of drug-likeness (QED) is 0.843. The Balaban J connectivity index is 1.46. The van der Waals surface area contributed by atoms with Crippen molar-refractivity contribution in [3.05, 3.63) is 54.1 Å². The molecule has 0 unspecified atom stereocenters. The van der Waals surface area contributed by atoms with Gasteiger partial charge in [0, 0.05) is 44.8 Å². The monoisotopic (exact) mass is 375 g/mol. The van der Waals surface area contributed by atoms with Gasteiger partial charge in [0.15, 0.2) is 11.6 Å². The van der Waals surface area contributed by atoms with Gasteiger partial charge in [0.05, 0.1) is 12.8 Å². The van der Waals surface area contributed by atoms with Gasteiger partial charge in [-0.3, -0.25) is 4.79 Å². The minimum atomic E-state index is -0.904. The summed E-state index contributed by atoms with van der Waals surface area (Å²) in [5.41, 5.74) is 1.50. The van der Waals surface area contributed by atoms with Gasteiger partial charge in [-0.05, 0) is 30.3 Å². The summed E-state index contributed by atoms with van der Waals surface area (Å²) in [6.07, 6.45) is 0.299. The van der Waals surface area contributed by atoms with Crippen molar-refractivity contribution in [1.82, 2.24) is 4.90 Å². The predicted molar refractivity (Wildman–Crippen MR) is 101 cm³/mol. The molecule has 1 amide bonds. The Hall–Kier alpha value is -2.83.